The van der Waals surface area contributed by atoms with E-state index >= 15 is 0 Å². The SMILES string of the molecule is Cl.N[C@@H]1CC[C@H]2[C@H](F)[C@H]21. The van der Waals surface area contributed by atoms with E-state index in [0.29, 0.717) is 5.92 Å². The first kappa shape index (κ1) is 7.29. The van der Waals surface area contributed by atoms with Crippen LogP contribution in [-0.4, -0.2) is 12.2 Å². The maximum Gasteiger partial charge on any atom is 0.108 e. The Morgan fingerprint density at radius 3 is 2.22 bits per heavy atom. The molecule has 1 nitrogen and oxygen atoms in total. The fraction of sp³-hybridized carbons (Fsp3) is 1.00. The highest BCUT2D eigenvalue weighted by Crippen LogP contribution is 2.53. The van der Waals surface area contributed by atoms with Gasteiger partial charge in [0.2, 0.25) is 0 Å². The normalized spacial score (nSPS) is 54.0. The molecule has 0 amide bonds. The Morgan fingerprint density at radius 1 is 1.33 bits per heavy atom. The van der Waals surface area contributed by atoms with E-state index in [9.17, 15) is 4.39 Å². The number of hydrogen-bond donors (Lipinski definition) is 1. The number of fused-ring (bicyclic) bond motifs is 1. The van der Waals surface area contributed by atoms with Gasteiger partial charge in [0.1, 0.15) is 6.17 Å². The molecule has 0 aromatic rings. The molecular formula is C6H11ClFN. The van der Waals surface area contributed by atoms with E-state index in [1.165, 1.54) is 0 Å². The molecule has 9 heavy (non-hydrogen) atoms. The summed E-state index contributed by atoms with van der Waals surface area (Å²) in [5, 5.41) is 0. The molecule has 0 aromatic carbocycles. The molecule has 0 saturated heterocycles. The van der Waals surface area contributed by atoms with E-state index in [1.54, 1.807) is 0 Å². The maximum absolute atomic E-state index is 12.4. The van der Waals surface area contributed by atoms with Crippen LogP contribution in [0.15, 0.2) is 0 Å². The average molecular weight is 152 g/mol. The van der Waals surface area contributed by atoms with E-state index in [2.05, 4.69) is 0 Å². The number of hydrogen-bond acceptors (Lipinski definition) is 1. The maximum atomic E-state index is 12.4. The van der Waals surface area contributed by atoms with Gasteiger partial charge in [-0.3, -0.25) is 0 Å². The summed E-state index contributed by atoms with van der Waals surface area (Å²) in [5.41, 5.74) is 5.57. The summed E-state index contributed by atoms with van der Waals surface area (Å²) in [6.45, 7) is 0. The monoisotopic (exact) mass is 151 g/mol. The molecule has 0 bridgehead atoms. The number of alkyl halides is 1. The van der Waals surface area contributed by atoms with E-state index in [1.807, 2.05) is 0 Å². The number of halogens is 2. The lowest BCUT2D eigenvalue weighted by molar-refractivity contribution is 0.382. The first-order valence-corrected chi connectivity index (χ1v) is 3.20. The largest absolute Gasteiger partial charge is 0.327 e. The molecule has 0 radical (unpaired) electrons. The van der Waals surface area contributed by atoms with E-state index in [-0.39, 0.29) is 24.4 Å². The van der Waals surface area contributed by atoms with Gasteiger partial charge in [-0.15, -0.1) is 12.4 Å². The van der Waals surface area contributed by atoms with Gasteiger partial charge < -0.3 is 5.73 Å². The molecule has 0 heterocycles. The standard InChI is InChI=1S/C6H10FN.ClH/c7-6-3-1-2-4(8)5(3)6;/h3-6H,1-2,8H2;1H/t3-,4-,5-,6+;/m1./s1. The van der Waals surface area contributed by atoms with Gasteiger partial charge in [-0.2, -0.15) is 0 Å². The molecule has 2 aliphatic carbocycles. The lowest BCUT2D eigenvalue weighted by Crippen LogP contribution is -2.20. The Hall–Kier alpha value is 0.180. The van der Waals surface area contributed by atoms with Crippen molar-refractivity contribution in [1.82, 2.24) is 0 Å². The van der Waals surface area contributed by atoms with Crippen LogP contribution >= 0.6 is 12.4 Å². The summed E-state index contributed by atoms with van der Waals surface area (Å²) >= 11 is 0. The molecule has 2 N–H and O–H groups in total. The van der Waals surface area contributed by atoms with Gasteiger partial charge >= 0.3 is 0 Å². The van der Waals surface area contributed by atoms with Crippen molar-refractivity contribution in [3.8, 4) is 0 Å². The highest BCUT2D eigenvalue weighted by atomic mass is 35.5. The van der Waals surface area contributed by atoms with Gasteiger partial charge in [0.25, 0.3) is 0 Å². The van der Waals surface area contributed by atoms with Crippen LogP contribution in [-0.2, 0) is 0 Å². The van der Waals surface area contributed by atoms with Crippen molar-refractivity contribution in [2.75, 3.05) is 0 Å². The predicted octanol–water partition coefficient (Wildman–Crippen LogP) is 1.11. The van der Waals surface area contributed by atoms with E-state index in [4.69, 9.17) is 5.73 Å². The fourth-order valence-corrected chi connectivity index (χ4v) is 1.84. The lowest BCUT2D eigenvalue weighted by atomic mass is 10.2. The summed E-state index contributed by atoms with van der Waals surface area (Å²) < 4.78 is 12.4. The number of nitrogens with two attached hydrogens (primary N) is 1. The van der Waals surface area contributed by atoms with Crippen LogP contribution in [0.4, 0.5) is 4.39 Å². The lowest BCUT2D eigenvalue weighted by Gasteiger charge is -2.01. The van der Waals surface area contributed by atoms with Crippen molar-refractivity contribution in [2.45, 2.75) is 25.1 Å². The highest BCUT2D eigenvalue weighted by Gasteiger charge is 2.57. The van der Waals surface area contributed by atoms with Crippen LogP contribution in [0.25, 0.3) is 0 Å². The van der Waals surface area contributed by atoms with Gasteiger partial charge in [0.15, 0.2) is 0 Å². The van der Waals surface area contributed by atoms with Crippen LogP contribution in [0.2, 0.25) is 0 Å². The molecular weight excluding hydrogens is 141 g/mol. The van der Waals surface area contributed by atoms with Crippen molar-refractivity contribution in [3.63, 3.8) is 0 Å². The van der Waals surface area contributed by atoms with Crippen LogP contribution < -0.4 is 5.73 Å². The molecule has 0 spiro atoms. The second-order valence-corrected chi connectivity index (χ2v) is 2.93. The second-order valence-electron chi connectivity index (χ2n) is 2.93. The Labute approximate surface area is 60.2 Å². The molecule has 3 heteroatoms. The van der Waals surface area contributed by atoms with Crippen molar-refractivity contribution < 1.29 is 4.39 Å². The predicted molar refractivity (Wildman–Crippen MR) is 36.3 cm³/mol. The summed E-state index contributed by atoms with van der Waals surface area (Å²) in [7, 11) is 0. The summed E-state index contributed by atoms with van der Waals surface area (Å²) in [4.78, 5) is 0. The van der Waals surface area contributed by atoms with Gasteiger partial charge in [-0.25, -0.2) is 4.39 Å². The first-order chi connectivity index (χ1) is 3.80. The summed E-state index contributed by atoms with van der Waals surface area (Å²) in [6.07, 6.45) is 1.56. The molecule has 0 aromatic heterocycles. The van der Waals surface area contributed by atoms with Crippen LogP contribution in [0.5, 0.6) is 0 Å². The third kappa shape index (κ3) is 0.849. The van der Waals surface area contributed by atoms with Crippen molar-refractivity contribution in [2.24, 2.45) is 17.6 Å². The van der Waals surface area contributed by atoms with Gasteiger partial charge in [0, 0.05) is 12.0 Å². The molecule has 2 fully saturated rings. The van der Waals surface area contributed by atoms with Crippen LogP contribution in [0.1, 0.15) is 12.8 Å². The minimum absolute atomic E-state index is 0. The van der Waals surface area contributed by atoms with Gasteiger partial charge in [-0.1, -0.05) is 0 Å². The van der Waals surface area contributed by atoms with Gasteiger partial charge in [0.05, 0.1) is 0 Å². The Morgan fingerprint density at radius 2 is 2.00 bits per heavy atom. The van der Waals surface area contributed by atoms with Crippen LogP contribution in [0, 0.1) is 11.8 Å². The van der Waals surface area contributed by atoms with Crippen molar-refractivity contribution in [1.29, 1.82) is 0 Å². The molecule has 2 saturated carbocycles. The zero-order valence-corrected chi connectivity index (χ0v) is 5.90. The van der Waals surface area contributed by atoms with Crippen molar-refractivity contribution >= 4 is 12.4 Å². The zero-order valence-electron chi connectivity index (χ0n) is 5.09. The first-order valence-electron chi connectivity index (χ1n) is 3.20. The van der Waals surface area contributed by atoms with E-state index < -0.39 is 6.17 Å². The Balaban J connectivity index is 0.000000405. The molecule has 54 valence electrons. The minimum atomic E-state index is -0.529. The molecule has 2 aliphatic rings. The quantitative estimate of drug-likeness (QED) is 0.552. The smallest absolute Gasteiger partial charge is 0.108 e. The Kier molecular flexibility index (Phi) is 1.70. The molecule has 2 rings (SSSR count). The highest BCUT2D eigenvalue weighted by molar-refractivity contribution is 5.85. The van der Waals surface area contributed by atoms with Gasteiger partial charge in [-0.05, 0) is 18.8 Å². The average Bonchev–Trinajstić information content (AvgIpc) is 2.13. The fourth-order valence-electron chi connectivity index (χ4n) is 1.84. The molecule has 0 aliphatic heterocycles. The van der Waals surface area contributed by atoms with Crippen molar-refractivity contribution in [3.05, 3.63) is 0 Å². The summed E-state index contributed by atoms with van der Waals surface area (Å²) in [5.74, 6) is 0.625. The Bertz CT molecular complexity index is 118. The third-order valence-corrected chi connectivity index (χ3v) is 2.46. The van der Waals surface area contributed by atoms with E-state index in [0.717, 1.165) is 12.8 Å². The number of rotatable bonds is 0. The topological polar surface area (TPSA) is 26.0 Å². The second kappa shape index (κ2) is 2.10. The van der Waals surface area contributed by atoms with Crippen LogP contribution in [0.3, 0.4) is 0 Å². The zero-order chi connectivity index (χ0) is 5.72. The molecule has 0 unspecified atom stereocenters. The molecule has 4 atom stereocenters. The summed E-state index contributed by atoms with van der Waals surface area (Å²) in [6, 6.07) is 0.190. The minimum Gasteiger partial charge on any atom is -0.327 e. The third-order valence-electron chi connectivity index (χ3n) is 2.46.